The summed E-state index contributed by atoms with van der Waals surface area (Å²) >= 11 is 0. The van der Waals surface area contributed by atoms with Crippen molar-refractivity contribution in [3.05, 3.63) is 0 Å². The molecule has 0 heterocycles. The first-order valence-corrected chi connectivity index (χ1v) is 2.65. The number of rotatable bonds is 0. The van der Waals surface area contributed by atoms with E-state index in [1.807, 2.05) is 20.8 Å². The van der Waals surface area contributed by atoms with Gasteiger partial charge in [0.15, 0.2) is 0 Å². The third-order valence-electron chi connectivity index (χ3n) is 0.959. The molecule has 0 aliphatic rings. The first-order valence-electron chi connectivity index (χ1n) is 2.65. The highest BCUT2D eigenvalue weighted by Crippen LogP contribution is 2.12. The van der Waals surface area contributed by atoms with Crippen molar-refractivity contribution >= 4 is 5.90 Å². The summed E-state index contributed by atoms with van der Waals surface area (Å²) in [4.78, 5) is 0. The van der Waals surface area contributed by atoms with E-state index in [0.717, 1.165) is 0 Å². The van der Waals surface area contributed by atoms with Crippen molar-refractivity contribution in [3.63, 3.8) is 0 Å². The summed E-state index contributed by atoms with van der Waals surface area (Å²) in [5.41, 5.74) is -0.0191. The predicted molar refractivity (Wildman–Crippen MR) is 33.4 cm³/mol. The van der Waals surface area contributed by atoms with Gasteiger partial charge in [-0.25, -0.2) is 5.41 Å². The van der Waals surface area contributed by atoms with Crippen molar-refractivity contribution in [2.24, 2.45) is 5.41 Å². The van der Waals surface area contributed by atoms with E-state index >= 15 is 0 Å². The number of nitrogens with two attached hydrogens (primary N) is 1. The largest absolute Gasteiger partial charge is 0.451 e. The smallest absolute Gasteiger partial charge is 0.338 e. The van der Waals surface area contributed by atoms with Gasteiger partial charge in [-0.2, -0.15) is 0 Å². The summed E-state index contributed by atoms with van der Waals surface area (Å²) in [6.07, 6.45) is 0. The van der Waals surface area contributed by atoms with Gasteiger partial charge in [0.2, 0.25) is 0 Å². The van der Waals surface area contributed by atoms with Crippen LogP contribution in [-0.4, -0.2) is 13.0 Å². The maximum atomic E-state index is 5.44. The molecule has 2 heteroatoms. The summed E-state index contributed by atoms with van der Waals surface area (Å²) in [5.74, 6) is 0.581. The van der Waals surface area contributed by atoms with Crippen LogP contribution in [0.1, 0.15) is 20.8 Å². The van der Waals surface area contributed by atoms with E-state index in [-0.39, 0.29) is 5.41 Å². The number of hydrogen-bond acceptors (Lipinski definition) is 1. The molecule has 2 nitrogen and oxygen atoms in total. The maximum Gasteiger partial charge on any atom is 0.338 e. The Hall–Kier alpha value is -0.530. The summed E-state index contributed by atoms with van der Waals surface area (Å²) in [6, 6.07) is 0. The first-order chi connectivity index (χ1) is 3.48. The van der Waals surface area contributed by atoms with Crippen molar-refractivity contribution in [3.8, 4) is 0 Å². The third-order valence-corrected chi connectivity index (χ3v) is 0.959. The van der Waals surface area contributed by atoms with Crippen LogP contribution in [0.4, 0.5) is 0 Å². The Kier molecular flexibility index (Phi) is 2.02. The van der Waals surface area contributed by atoms with Gasteiger partial charge in [0.1, 0.15) is 0 Å². The Balaban J connectivity index is 3.82. The van der Waals surface area contributed by atoms with Crippen LogP contribution in [-0.2, 0) is 4.74 Å². The van der Waals surface area contributed by atoms with Gasteiger partial charge in [-0.3, -0.25) is 0 Å². The predicted octanol–water partition coefficient (Wildman–Crippen LogP) is -0.164. The van der Waals surface area contributed by atoms with E-state index in [0.29, 0.717) is 5.90 Å². The average Bonchev–Trinajstić information content (AvgIpc) is 1.62. The lowest BCUT2D eigenvalue weighted by molar-refractivity contribution is -0.149. The lowest BCUT2D eigenvalue weighted by atomic mass is 9.97. The molecule has 48 valence electrons. The molecule has 0 amide bonds. The van der Waals surface area contributed by atoms with Gasteiger partial charge in [-0.15, -0.1) is 0 Å². The first kappa shape index (κ1) is 7.47. The Morgan fingerprint density at radius 2 is 1.75 bits per heavy atom. The van der Waals surface area contributed by atoms with Crippen LogP contribution in [0, 0.1) is 5.41 Å². The quantitative estimate of drug-likeness (QED) is 0.346. The molecule has 2 N–H and O–H groups in total. The van der Waals surface area contributed by atoms with Gasteiger partial charge in [0.05, 0.1) is 12.5 Å². The molecule has 0 aliphatic heterocycles. The minimum Gasteiger partial charge on any atom is -0.451 e. The van der Waals surface area contributed by atoms with Gasteiger partial charge in [0, 0.05) is 0 Å². The molecule has 8 heavy (non-hydrogen) atoms. The molecule has 0 bridgehead atoms. The second kappa shape index (κ2) is 2.16. The van der Waals surface area contributed by atoms with Crippen molar-refractivity contribution in [2.45, 2.75) is 20.8 Å². The number of hydrogen-bond donors (Lipinski definition) is 1. The lowest BCUT2D eigenvalue weighted by Gasteiger charge is -2.11. The molecule has 0 saturated heterocycles. The minimum atomic E-state index is -0.0191. The zero-order valence-corrected chi connectivity index (χ0v) is 5.99. The molecule has 0 aliphatic carbocycles. The topological polar surface area (TPSA) is 34.8 Å². The Labute approximate surface area is 50.4 Å². The second-order valence-electron chi connectivity index (χ2n) is 2.82. The zero-order chi connectivity index (χ0) is 6.78. The molecular weight excluding hydrogens is 102 g/mol. The highest BCUT2D eigenvalue weighted by molar-refractivity contribution is 5.75. The van der Waals surface area contributed by atoms with Crippen LogP contribution >= 0.6 is 0 Å². The van der Waals surface area contributed by atoms with Crippen LogP contribution in [0.2, 0.25) is 0 Å². The molecular formula is C6H14NO+. The summed E-state index contributed by atoms with van der Waals surface area (Å²) in [6.45, 7) is 6.02. The molecule has 0 aromatic carbocycles. The number of methoxy groups -OCH3 is 1. The Morgan fingerprint density at radius 3 is 1.75 bits per heavy atom. The van der Waals surface area contributed by atoms with E-state index in [9.17, 15) is 0 Å². The fourth-order valence-electron chi connectivity index (χ4n) is 0.306. The van der Waals surface area contributed by atoms with Crippen LogP contribution < -0.4 is 5.41 Å². The van der Waals surface area contributed by atoms with Crippen molar-refractivity contribution in [2.75, 3.05) is 7.11 Å². The highest BCUT2D eigenvalue weighted by Gasteiger charge is 2.22. The molecule has 0 atom stereocenters. The molecule has 0 rings (SSSR count). The average molecular weight is 116 g/mol. The standard InChI is InChI=1S/C6H13NO/c1-6(2,3)5(7)8-4/h7H,1-4H3/p+1. The fraction of sp³-hybridized carbons (Fsp3) is 0.833. The van der Waals surface area contributed by atoms with Crippen LogP contribution in [0.25, 0.3) is 0 Å². The van der Waals surface area contributed by atoms with E-state index < -0.39 is 0 Å². The fourth-order valence-corrected chi connectivity index (χ4v) is 0.306. The molecule has 0 unspecified atom stereocenters. The molecule has 0 saturated carbocycles. The lowest BCUT2D eigenvalue weighted by Crippen LogP contribution is -2.48. The van der Waals surface area contributed by atoms with Crippen molar-refractivity contribution in [1.29, 1.82) is 0 Å². The number of ether oxygens (including phenoxy) is 1. The maximum absolute atomic E-state index is 5.44. The molecule has 0 spiro atoms. The normalized spacial score (nSPS) is 11.0. The van der Waals surface area contributed by atoms with Crippen molar-refractivity contribution in [1.82, 2.24) is 0 Å². The Morgan fingerprint density at radius 1 is 1.38 bits per heavy atom. The summed E-state index contributed by atoms with van der Waals surface area (Å²) in [7, 11) is 1.58. The van der Waals surface area contributed by atoms with E-state index in [1.165, 1.54) is 0 Å². The van der Waals surface area contributed by atoms with Crippen LogP contribution in [0.15, 0.2) is 0 Å². The third kappa shape index (κ3) is 1.96. The molecule has 0 aromatic rings. The summed E-state index contributed by atoms with van der Waals surface area (Å²) in [5, 5.41) is 5.44. The molecule has 0 aromatic heterocycles. The van der Waals surface area contributed by atoms with Gasteiger partial charge in [0.25, 0.3) is 0 Å². The van der Waals surface area contributed by atoms with Gasteiger partial charge < -0.3 is 4.74 Å². The van der Waals surface area contributed by atoms with E-state index in [4.69, 9.17) is 10.1 Å². The van der Waals surface area contributed by atoms with E-state index in [2.05, 4.69) is 0 Å². The van der Waals surface area contributed by atoms with Gasteiger partial charge in [-0.1, -0.05) is 0 Å². The molecule has 0 fully saturated rings. The van der Waals surface area contributed by atoms with Gasteiger partial charge >= 0.3 is 5.90 Å². The summed E-state index contributed by atoms with van der Waals surface area (Å²) < 4.78 is 4.81. The minimum absolute atomic E-state index is 0.0191. The second-order valence-corrected chi connectivity index (χ2v) is 2.82. The zero-order valence-electron chi connectivity index (χ0n) is 5.99. The Bertz CT molecular complexity index is 91.2. The van der Waals surface area contributed by atoms with E-state index in [1.54, 1.807) is 7.11 Å². The van der Waals surface area contributed by atoms with Crippen LogP contribution in [0.5, 0.6) is 0 Å². The highest BCUT2D eigenvalue weighted by atomic mass is 16.5. The SMILES string of the molecule is COC(=[NH2+])C(C)(C)C. The van der Waals surface area contributed by atoms with Crippen LogP contribution in [0.3, 0.4) is 0 Å². The molecule has 0 radical (unpaired) electrons. The monoisotopic (exact) mass is 116 g/mol. The van der Waals surface area contributed by atoms with Crippen molar-refractivity contribution < 1.29 is 10.1 Å². The van der Waals surface area contributed by atoms with Gasteiger partial charge in [-0.05, 0) is 20.8 Å².